The first-order valence-electron chi connectivity index (χ1n) is 5.63. The normalized spacial score (nSPS) is 27.4. The van der Waals surface area contributed by atoms with E-state index in [0.717, 1.165) is 12.6 Å². The molecule has 2 rings (SSSR count). The maximum atomic E-state index is 3.65. The number of likely N-dealkylation sites (N-methyl/N-ethyl adjacent to an activating group) is 1. The molecule has 1 fully saturated rings. The predicted molar refractivity (Wildman–Crippen MR) is 66.4 cm³/mol. The largest absolute Gasteiger partial charge is 0.308 e. The first-order valence-corrected chi connectivity index (χ1v) is 6.51. The van der Waals surface area contributed by atoms with Gasteiger partial charge in [0.1, 0.15) is 0 Å². The average Bonchev–Trinajstić information content (AvgIpc) is 2.72. The van der Waals surface area contributed by atoms with Crippen LogP contribution in [0.5, 0.6) is 0 Å². The summed E-state index contributed by atoms with van der Waals surface area (Å²) in [5.41, 5.74) is 1.42. The number of hydrogen-bond acceptors (Lipinski definition) is 3. The van der Waals surface area contributed by atoms with Gasteiger partial charge in [-0.1, -0.05) is 0 Å². The van der Waals surface area contributed by atoms with Crippen molar-refractivity contribution in [3.63, 3.8) is 0 Å². The van der Waals surface area contributed by atoms with Crippen LogP contribution in [0.4, 0.5) is 0 Å². The van der Waals surface area contributed by atoms with Crippen molar-refractivity contribution in [3.8, 4) is 0 Å². The fourth-order valence-electron chi connectivity index (χ4n) is 2.16. The van der Waals surface area contributed by atoms with Gasteiger partial charge in [-0.15, -0.1) is 11.3 Å². The van der Waals surface area contributed by atoms with Crippen molar-refractivity contribution in [2.75, 3.05) is 13.6 Å². The number of hydrogen-bond donors (Lipinski definition) is 1. The van der Waals surface area contributed by atoms with E-state index >= 15 is 0 Å². The van der Waals surface area contributed by atoms with Crippen LogP contribution in [0.25, 0.3) is 0 Å². The quantitative estimate of drug-likeness (QED) is 0.847. The molecule has 0 saturated carbocycles. The third kappa shape index (κ3) is 2.60. The Bertz CT molecular complexity index is 311. The maximum Gasteiger partial charge on any atom is 0.0305 e. The second-order valence-corrected chi connectivity index (χ2v) is 5.63. The summed E-state index contributed by atoms with van der Waals surface area (Å²) in [6.07, 6.45) is 1.28. The summed E-state index contributed by atoms with van der Waals surface area (Å²) >= 11 is 1.86. The fraction of sp³-hybridized carbons (Fsp3) is 0.667. The van der Waals surface area contributed by atoms with Crippen molar-refractivity contribution in [1.82, 2.24) is 10.2 Å². The summed E-state index contributed by atoms with van der Waals surface area (Å²) in [5.74, 6) is 0. The summed E-state index contributed by atoms with van der Waals surface area (Å²) in [4.78, 5) is 3.91. The molecule has 84 valence electrons. The van der Waals surface area contributed by atoms with Crippen LogP contribution >= 0.6 is 11.3 Å². The molecular formula is C12H20N2S. The van der Waals surface area contributed by atoms with E-state index in [9.17, 15) is 0 Å². The molecule has 0 aliphatic carbocycles. The van der Waals surface area contributed by atoms with Crippen molar-refractivity contribution in [2.24, 2.45) is 0 Å². The van der Waals surface area contributed by atoms with Crippen molar-refractivity contribution in [3.05, 3.63) is 21.9 Å². The molecule has 0 aromatic carbocycles. The van der Waals surface area contributed by atoms with Gasteiger partial charge in [0.2, 0.25) is 0 Å². The third-order valence-electron chi connectivity index (χ3n) is 3.41. The Morgan fingerprint density at radius 1 is 1.60 bits per heavy atom. The van der Waals surface area contributed by atoms with Crippen LogP contribution in [0.3, 0.4) is 0 Å². The smallest absolute Gasteiger partial charge is 0.0305 e. The minimum atomic E-state index is 0.673. The number of aryl methyl sites for hydroxylation is 1. The van der Waals surface area contributed by atoms with Gasteiger partial charge in [-0.05, 0) is 44.3 Å². The number of nitrogens with zero attached hydrogens (tertiary/aromatic N) is 1. The lowest BCUT2D eigenvalue weighted by atomic mass is 10.2. The molecule has 2 unspecified atom stereocenters. The topological polar surface area (TPSA) is 15.3 Å². The van der Waals surface area contributed by atoms with Gasteiger partial charge < -0.3 is 10.2 Å². The molecular weight excluding hydrogens is 204 g/mol. The average molecular weight is 224 g/mol. The zero-order chi connectivity index (χ0) is 10.8. The lowest BCUT2D eigenvalue weighted by molar-refractivity contribution is 0.326. The Balaban J connectivity index is 1.82. The Morgan fingerprint density at radius 2 is 2.40 bits per heavy atom. The lowest BCUT2D eigenvalue weighted by Gasteiger charge is -2.13. The Kier molecular flexibility index (Phi) is 3.44. The van der Waals surface area contributed by atoms with E-state index in [4.69, 9.17) is 0 Å². The first kappa shape index (κ1) is 11.1. The number of likely N-dealkylation sites (tertiary alicyclic amines) is 1. The first-order chi connectivity index (χ1) is 7.16. The Morgan fingerprint density at radius 3 is 2.93 bits per heavy atom. The number of nitrogens with one attached hydrogen (secondary N) is 1. The van der Waals surface area contributed by atoms with Crippen molar-refractivity contribution in [2.45, 2.75) is 38.9 Å². The molecule has 2 nitrogen and oxygen atoms in total. The van der Waals surface area contributed by atoms with E-state index in [1.807, 2.05) is 11.3 Å². The van der Waals surface area contributed by atoms with Crippen LogP contribution in [-0.4, -0.2) is 30.6 Å². The Labute approximate surface area is 96.3 Å². The van der Waals surface area contributed by atoms with E-state index < -0.39 is 0 Å². The van der Waals surface area contributed by atoms with Gasteiger partial charge in [0.05, 0.1) is 0 Å². The molecule has 2 heterocycles. The van der Waals surface area contributed by atoms with Gasteiger partial charge in [-0.25, -0.2) is 0 Å². The van der Waals surface area contributed by atoms with Gasteiger partial charge in [0.15, 0.2) is 0 Å². The van der Waals surface area contributed by atoms with Crippen LogP contribution in [0.1, 0.15) is 23.8 Å². The van der Waals surface area contributed by atoms with E-state index in [1.165, 1.54) is 23.4 Å². The van der Waals surface area contributed by atoms with Gasteiger partial charge in [0, 0.05) is 30.1 Å². The minimum absolute atomic E-state index is 0.673. The molecule has 0 spiro atoms. The highest BCUT2D eigenvalue weighted by Crippen LogP contribution is 2.18. The van der Waals surface area contributed by atoms with E-state index in [2.05, 4.69) is 42.6 Å². The number of rotatable bonds is 3. The highest BCUT2D eigenvalue weighted by molar-refractivity contribution is 7.10. The highest BCUT2D eigenvalue weighted by atomic mass is 32.1. The summed E-state index contributed by atoms with van der Waals surface area (Å²) in [6.45, 7) is 6.72. The molecule has 1 N–H and O–H groups in total. The van der Waals surface area contributed by atoms with Gasteiger partial charge in [-0.3, -0.25) is 0 Å². The molecule has 0 bridgehead atoms. The lowest BCUT2D eigenvalue weighted by Crippen LogP contribution is -2.30. The number of thiophene rings is 1. The van der Waals surface area contributed by atoms with Gasteiger partial charge in [0.25, 0.3) is 0 Å². The molecule has 1 aromatic heterocycles. The minimum Gasteiger partial charge on any atom is -0.308 e. The molecule has 1 aliphatic rings. The molecule has 3 heteroatoms. The van der Waals surface area contributed by atoms with Crippen molar-refractivity contribution < 1.29 is 0 Å². The van der Waals surface area contributed by atoms with E-state index in [1.54, 1.807) is 0 Å². The standard InChI is InChI=1S/C12H20N2S/c1-9-4-5-15-12(9)7-13-11-6-10(2)14(3)8-11/h4-5,10-11,13H,6-8H2,1-3H3. The summed E-state index contributed by atoms with van der Waals surface area (Å²) < 4.78 is 0. The van der Waals surface area contributed by atoms with E-state index in [-0.39, 0.29) is 0 Å². The maximum absolute atomic E-state index is 3.65. The van der Waals surface area contributed by atoms with Gasteiger partial charge >= 0.3 is 0 Å². The SMILES string of the molecule is Cc1ccsc1CNC1CC(C)N(C)C1. The second kappa shape index (κ2) is 4.64. The van der Waals surface area contributed by atoms with Crippen LogP contribution < -0.4 is 5.32 Å². The van der Waals surface area contributed by atoms with E-state index in [0.29, 0.717) is 6.04 Å². The molecule has 2 atom stereocenters. The second-order valence-electron chi connectivity index (χ2n) is 4.63. The molecule has 1 aromatic rings. The summed E-state index contributed by atoms with van der Waals surface area (Å²) in [7, 11) is 2.21. The molecule has 0 radical (unpaired) electrons. The third-order valence-corrected chi connectivity index (χ3v) is 4.43. The zero-order valence-electron chi connectivity index (χ0n) is 9.79. The summed E-state index contributed by atoms with van der Waals surface area (Å²) in [5, 5.41) is 5.83. The predicted octanol–water partition coefficient (Wildman–Crippen LogP) is 2.24. The molecule has 0 amide bonds. The monoisotopic (exact) mass is 224 g/mol. The van der Waals surface area contributed by atoms with Crippen LogP contribution in [0, 0.1) is 6.92 Å². The Hall–Kier alpha value is -0.380. The molecule has 1 aliphatic heterocycles. The highest BCUT2D eigenvalue weighted by Gasteiger charge is 2.25. The van der Waals surface area contributed by atoms with Gasteiger partial charge in [-0.2, -0.15) is 0 Å². The molecule has 1 saturated heterocycles. The van der Waals surface area contributed by atoms with Crippen LogP contribution in [-0.2, 0) is 6.54 Å². The van der Waals surface area contributed by atoms with Crippen molar-refractivity contribution >= 4 is 11.3 Å². The summed E-state index contributed by atoms with van der Waals surface area (Å²) in [6, 6.07) is 3.60. The molecule has 15 heavy (non-hydrogen) atoms. The van der Waals surface area contributed by atoms with Crippen LogP contribution in [0.2, 0.25) is 0 Å². The van der Waals surface area contributed by atoms with Crippen LogP contribution in [0.15, 0.2) is 11.4 Å². The fourth-order valence-corrected chi connectivity index (χ4v) is 3.02. The van der Waals surface area contributed by atoms with Crippen molar-refractivity contribution in [1.29, 1.82) is 0 Å². The zero-order valence-corrected chi connectivity index (χ0v) is 10.6.